The predicted octanol–water partition coefficient (Wildman–Crippen LogP) is 3.36. The van der Waals surface area contributed by atoms with Crippen molar-refractivity contribution in [1.82, 2.24) is 4.90 Å². The van der Waals surface area contributed by atoms with Crippen molar-refractivity contribution in [3.8, 4) is 0 Å². The van der Waals surface area contributed by atoms with Gasteiger partial charge in [0.25, 0.3) is 0 Å². The van der Waals surface area contributed by atoms with Gasteiger partial charge in [0.2, 0.25) is 0 Å². The largest absolute Gasteiger partial charge is 0.302 e. The number of hydrogen-bond donors (Lipinski definition) is 0. The number of likely N-dealkylation sites (tertiary alicyclic amines) is 1. The van der Waals surface area contributed by atoms with Gasteiger partial charge >= 0.3 is 0 Å². The fourth-order valence-corrected chi connectivity index (χ4v) is 3.26. The molecule has 1 saturated heterocycles. The Kier molecular flexibility index (Phi) is 3.22. The van der Waals surface area contributed by atoms with Crippen LogP contribution >= 0.6 is 24.0 Å². The summed E-state index contributed by atoms with van der Waals surface area (Å²) in [6.45, 7) is 5.94. The molecular weight excluding hydrogens is 241 g/mol. The molecule has 16 heavy (non-hydrogen) atoms. The third-order valence-corrected chi connectivity index (χ3v) is 4.30. The van der Waals surface area contributed by atoms with Crippen LogP contribution in [0.2, 0.25) is 5.02 Å². The Balaban J connectivity index is 0.000000963. The zero-order chi connectivity index (χ0) is 10.5. The summed E-state index contributed by atoms with van der Waals surface area (Å²) < 4.78 is 0. The van der Waals surface area contributed by atoms with Crippen LogP contribution in [0.1, 0.15) is 18.9 Å². The van der Waals surface area contributed by atoms with Crippen molar-refractivity contribution in [2.24, 2.45) is 5.92 Å². The van der Waals surface area contributed by atoms with Gasteiger partial charge in [-0.05, 0) is 36.6 Å². The summed E-state index contributed by atoms with van der Waals surface area (Å²) in [7, 11) is 0. The normalized spacial score (nSPS) is 32.0. The third kappa shape index (κ3) is 1.75. The van der Waals surface area contributed by atoms with E-state index in [1.165, 1.54) is 31.6 Å². The molecule has 1 saturated carbocycles. The molecule has 0 spiro atoms. The zero-order valence-corrected chi connectivity index (χ0v) is 11.0. The molecule has 2 aliphatic rings. The van der Waals surface area contributed by atoms with Crippen molar-refractivity contribution < 1.29 is 0 Å². The van der Waals surface area contributed by atoms with Gasteiger partial charge in [0, 0.05) is 23.5 Å². The molecule has 1 aromatic rings. The molecule has 0 bridgehead atoms. The summed E-state index contributed by atoms with van der Waals surface area (Å²) in [4.78, 5) is 2.55. The Morgan fingerprint density at radius 1 is 1.50 bits per heavy atom. The SMILES string of the molecule is CCN1CC2CC2(c2cccc(Cl)c2)C1.Cl. The quantitative estimate of drug-likeness (QED) is 0.786. The average Bonchev–Trinajstić information content (AvgIpc) is 2.82. The molecule has 3 heteroatoms. The van der Waals surface area contributed by atoms with Gasteiger partial charge in [0.1, 0.15) is 0 Å². The number of hydrogen-bond acceptors (Lipinski definition) is 1. The van der Waals surface area contributed by atoms with Crippen molar-refractivity contribution in [1.29, 1.82) is 0 Å². The summed E-state index contributed by atoms with van der Waals surface area (Å²) in [5.74, 6) is 0.885. The van der Waals surface area contributed by atoms with Crippen molar-refractivity contribution in [3.05, 3.63) is 34.9 Å². The molecule has 1 aliphatic heterocycles. The number of halogens is 2. The van der Waals surface area contributed by atoms with Crippen LogP contribution < -0.4 is 0 Å². The summed E-state index contributed by atoms with van der Waals surface area (Å²) in [5, 5.41) is 0.877. The predicted molar refractivity (Wildman–Crippen MR) is 70.6 cm³/mol. The molecule has 0 N–H and O–H groups in total. The van der Waals surface area contributed by atoms with Gasteiger partial charge < -0.3 is 4.90 Å². The second kappa shape index (κ2) is 4.21. The monoisotopic (exact) mass is 257 g/mol. The Bertz CT molecular complexity index is 393. The molecule has 1 aliphatic carbocycles. The van der Waals surface area contributed by atoms with E-state index in [2.05, 4.69) is 30.0 Å². The van der Waals surface area contributed by atoms with Crippen LogP contribution in [0, 0.1) is 5.92 Å². The third-order valence-electron chi connectivity index (χ3n) is 4.06. The van der Waals surface area contributed by atoms with Crippen LogP contribution in [0.4, 0.5) is 0 Å². The van der Waals surface area contributed by atoms with Gasteiger partial charge in [-0.1, -0.05) is 30.7 Å². The highest BCUT2D eigenvalue weighted by molar-refractivity contribution is 6.30. The highest BCUT2D eigenvalue weighted by Crippen LogP contribution is 2.59. The van der Waals surface area contributed by atoms with Crippen molar-refractivity contribution in [2.45, 2.75) is 18.8 Å². The van der Waals surface area contributed by atoms with E-state index in [-0.39, 0.29) is 12.4 Å². The molecule has 2 fully saturated rings. The molecule has 2 unspecified atom stereocenters. The molecule has 1 nitrogen and oxygen atoms in total. The summed E-state index contributed by atoms with van der Waals surface area (Å²) in [5.41, 5.74) is 1.91. The number of benzene rings is 1. The van der Waals surface area contributed by atoms with Crippen LogP contribution in [0.25, 0.3) is 0 Å². The molecule has 0 radical (unpaired) electrons. The fourth-order valence-electron chi connectivity index (χ4n) is 3.07. The first-order chi connectivity index (χ1) is 7.24. The van der Waals surface area contributed by atoms with Gasteiger partial charge in [-0.3, -0.25) is 0 Å². The molecule has 1 heterocycles. The second-order valence-corrected chi connectivity index (χ2v) is 5.33. The first kappa shape index (κ1) is 12.2. The minimum absolute atomic E-state index is 0. The first-order valence-corrected chi connectivity index (χ1v) is 6.11. The van der Waals surface area contributed by atoms with Crippen LogP contribution in [-0.2, 0) is 5.41 Å². The van der Waals surface area contributed by atoms with Crippen LogP contribution in [0.3, 0.4) is 0 Å². The topological polar surface area (TPSA) is 3.24 Å². The summed E-state index contributed by atoms with van der Waals surface area (Å²) in [6.07, 6.45) is 1.36. The lowest BCUT2D eigenvalue weighted by atomic mass is 9.95. The van der Waals surface area contributed by atoms with E-state index in [4.69, 9.17) is 11.6 Å². The molecule has 3 rings (SSSR count). The minimum atomic E-state index is 0. The van der Waals surface area contributed by atoms with Crippen LogP contribution in [0.5, 0.6) is 0 Å². The van der Waals surface area contributed by atoms with Gasteiger partial charge in [0.05, 0.1) is 0 Å². The summed E-state index contributed by atoms with van der Waals surface area (Å²) in [6, 6.07) is 8.44. The number of nitrogens with zero attached hydrogens (tertiary/aromatic N) is 1. The van der Waals surface area contributed by atoms with Crippen molar-refractivity contribution in [3.63, 3.8) is 0 Å². The minimum Gasteiger partial charge on any atom is -0.302 e. The summed E-state index contributed by atoms with van der Waals surface area (Å²) >= 11 is 6.06. The van der Waals surface area contributed by atoms with E-state index < -0.39 is 0 Å². The first-order valence-electron chi connectivity index (χ1n) is 5.73. The lowest BCUT2D eigenvalue weighted by molar-refractivity contribution is 0.314. The fraction of sp³-hybridized carbons (Fsp3) is 0.538. The number of likely N-dealkylation sites (N-methyl/N-ethyl adjacent to an activating group) is 1. The molecule has 88 valence electrons. The van der Waals surface area contributed by atoms with Crippen molar-refractivity contribution >= 4 is 24.0 Å². The maximum atomic E-state index is 6.06. The van der Waals surface area contributed by atoms with Crippen LogP contribution in [-0.4, -0.2) is 24.5 Å². The highest BCUT2D eigenvalue weighted by atomic mass is 35.5. The van der Waals surface area contributed by atoms with Gasteiger partial charge in [-0.25, -0.2) is 0 Å². The smallest absolute Gasteiger partial charge is 0.0408 e. The maximum Gasteiger partial charge on any atom is 0.0408 e. The number of rotatable bonds is 2. The van der Waals surface area contributed by atoms with E-state index >= 15 is 0 Å². The Morgan fingerprint density at radius 3 is 2.94 bits per heavy atom. The van der Waals surface area contributed by atoms with Crippen LogP contribution in [0.15, 0.2) is 24.3 Å². The molecular formula is C13H17Cl2N. The van der Waals surface area contributed by atoms with Gasteiger partial charge in [-0.2, -0.15) is 0 Å². The van der Waals surface area contributed by atoms with Crippen molar-refractivity contribution in [2.75, 3.05) is 19.6 Å². The van der Waals surface area contributed by atoms with E-state index in [1.807, 2.05) is 6.07 Å². The Hall–Kier alpha value is -0.240. The molecule has 0 aromatic heterocycles. The lowest BCUT2D eigenvalue weighted by Crippen LogP contribution is -2.26. The highest BCUT2D eigenvalue weighted by Gasteiger charge is 2.60. The maximum absolute atomic E-state index is 6.06. The van der Waals surface area contributed by atoms with E-state index in [0.717, 1.165) is 10.9 Å². The number of fused-ring (bicyclic) bond motifs is 1. The van der Waals surface area contributed by atoms with Gasteiger partial charge in [-0.15, -0.1) is 12.4 Å². The van der Waals surface area contributed by atoms with E-state index in [0.29, 0.717) is 5.41 Å². The standard InChI is InChI=1S/C13H16ClN.ClH/c1-2-15-8-11-7-13(11,9-15)10-4-3-5-12(14)6-10;/h3-6,11H,2,7-9H2,1H3;1H. The molecule has 1 aromatic carbocycles. The van der Waals surface area contributed by atoms with Gasteiger partial charge in [0.15, 0.2) is 0 Å². The number of piperidine rings is 1. The molecule has 2 atom stereocenters. The Labute approximate surface area is 108 Å². The second-order valence-electron chi connectivity index (χ2n) is 4.90. The Morgan fingerprint density at radius 2 is 2.31 bits per heavy atom. The van der Waals surface area contributed by atoms with E-state index in [9.17, 15) is 0 Å². The zero-order valence-electron chi connectivity index (χ0n) is 9.45. The molecule has 0 amide bonds. The van der Waals surface area contributed by atoms with E-state index in [1.54, 1.807) is 0 Å². The lowest BCUT2D eigenvalue weighted by Gasteiger charge is -2.19. The average molecular weight is 258 g/mol.